The minimum absolute atomic E-state index is 0.0259. The number of carbonyl (C=O) groups is 3. The molecule has 8 heteroatoms. The summed E-state index contributed by atoms with van der Waals surface area (Å²) in [6, 6.07) is 15.5. The first-order valence-electron chi connectivity index (χ1n) is 10.2. The van der Waals surface area contributed by atoms with E-state index >= 15 is 0 Å². The molecule has 1 atom stereocenters. The van der Waals surface area contributed by atoms with Crippen LogP contribution in [0.3, 0.4) is 0 Å². The molecule has 2 amide bonds. The van der Waals surface area contributed by atoms with Crippen LogP contribution >= 0.6 is 12.2 Å². The summed E-state index contributed by atoms with van der Waals surface area (Å²) in [6.07, 6.45) is -0.0259. The summed E-state index contributed by atoms with van der Waals surface area (Å²) in [6.45, 7) is 4.80. The van der Waals surface area contributed by atoms with Crippen molar-refractivity contribution in [3.05, 3.63) is 65.7 Å². The van der Waals surface area contributed by atoms with Crippen molar-refractivity contribution in [3.63, 3.8) is 0 Å². The Hall–Kier alpha value is -3.26. The highest BCUT2D eigenvalue weighted by molar-refractivity contribution is 7.80. The number of hydrogen-bond acceptors (Lipinski definition) is 5. The molecule has 0 bridgehead atoms. The third-order valence-electron chi connectivity index (χ3n) is 4.97. The van der Waals surface area contributed by atoms with Gasteiger partial charge >= 0.3 is 5.97 Å². The molecule has 1 fully saturated rings. The SMILES string of the molecule is CCOC(=O)c1ccc(NC(=O)CC2C(=O)N(CC)C(=S)N2Cc2ccccc2)cc1. The summed E-state index contributed by atoms with van der Waals surface area (Å²) in [5.74, 6) is -0.890. The zero-order valence-electron chi connectivity index (χ0n) is 17.5. The summed E-state index contributed by atoms with van der Waals surface area (Å²) in [4.78, 5) is 40.7. The molecule has 162 valence electrons. The predicted octanol–water partition coefficient (Wildman–Crippen LogP) is 3.21. The van der Waals surface area contributed by atoms with Crippen molar-refractivity contribution in [1.82, 2.24) is 9.80 Å². The summed E-state index contributed by atoms with van der Waals surface area (Å²) in [7, 11) is 0. The van der Waals surface area contributed by atoms with Gasteiger partial charge in [-0.05, 0) is 55.9 Å². The van der Waals surface area contributed by atoms with Gasteiger partial charge in [-0.15, -0.1) is 0 Å². The molecule has 1 aliphatic heterocycles. The Morgan fingerprint density at radius 1 is 1.06 bits per heavy atom. The monoisotopic (exact) mass is 439 g/mol. The lowest BCUT2D eigenvalue weighted by Gasteiger charge is -2.23. The first-order valence-corrected chi connectivity index (χ1v) is 10.6. The number of anilines is 1. The molecule has 2 aromatic carbocycles. The summed E-state index contributed by atoms with van der Waals surface area (Å²) < 4.78 is 4.95. The topological polar surface area (TPSA) is 78.9 Å². The van der Waals surface area contributed by atoms with E-state index in [1.165, 1.54) is 4.90 Å². The van der Waals surface area contributed by atoms with Gasteiger partial charge in [-0.25, -0.2) is 4.79 Å². The number of benzene rings is 2. The van der Waals surface area contributed by atoms with Gasteiger partial charge in [0.05, 0.1) is 18.6 Å². The Kier molecular flexibility index (Phi) is 7.36. The molecular weight excluding hydrogens is 414 g/mol. The van der Waals surface area contributed by atoms with Crippen LogP contribution in [0.15, 0.2) is 54.6 Å². The highest BCUT2D eigenvalue weighted by Gasteiger charge is 2.42. The number of ether oxygens (including phenoxy) is 1. The molecule has 3 rings (SSSR count). The van der Waals surface area contributed by atoms with Gasteiger partial charge in [0.2, 0.25) is 5.91 Å². The zero-order chi connectivity index (χ0) is 22.4. The van der Waals surface area contributed by atoms with Crippen molar-refractivity contribution in [1.29, 1.82) is 0 Å². The molecule has 0 saturated carbocycles. The molecule has 1 saturated heterocycles. The van der Waals surface area contributed by atoms with E-state index in [9.17, 15) is 14.4 Å². The van der Waals surface area contributed by atoms with E-state index in [4.69, 9.17) is 17.0 Å². The van der Waals surface area contributed by atoms with Crippen molar-refractivity contribution in [2.45, 2.75) is 32.9 Å². The van der Waals surface area contributed by atoms with E-state index in [2.05, 4.69) is 5.32 Å². The van der Waals surface area contributed by atoms with Crippen LogP contribution in [0.1, 0.15) is 36.2 Å². The predicted molar refractivity (Wildman–Crippen MR) is 121 cm³/mol. The van der Waals surface area contributed by atoms with Crippen LogP contribution < -0.4 is 5.32 Å². The van der Waals surface area contributed by atoms with Crippen molar-refractivity contribution in [2.24, 2.45) is 0 Å². The minimum Gasteiger partial charge on any atom is -0.462 e. The zero-order valence-corrected chi connectivity index (χ0v) is 18.4. The van der Waals surface area contributed by atoms with Gasteiger partial charge in [-0.3, -0.25) is 14.5 Å². The van der Waals surface area contributed by atoms with Gasteiger partial charge in [-0.1, -0.05) is 30.3 Å². The molecule has 1 unspecified atom stereocenters. The van der Waals surface area contributed by atoms with E-state index in [1.54, 1.807) is 36.1 Å². The normalized spacial score (nSPS) is 15.9. The van der Waals surface area contributed by atoms with Crippen LogP contribution in [-0.4, -0.2) is 51.9 Å². The largest absolute Gasteiger partial charge is 0.462 e. The Morgan fingerprint density at radius 3 is 2.35 bits per heavy atom. The second-order valence-corrected chi connectivity index (χ2v) is 7.41. The van der Waals surface area contributed by atoms with Gasteiger partial charge in [0.25, 0.3) is 5.91 Å². The van der Waals surface area contributed by atoms with Crippen LogP contribution in [0, 0.1) is 0 Å². The molecular formula is C23H25N3O4S. The van der Waals surface area contributed by atoms with Gasteiger partial charge in [0.1, 0.15) is 6.04 Å². The smallest absolute Gasteiger partial charge is 0.338 e. The number of esters is 1. The lowest BCUT2D eigenvalue weighted by atomic mass is 10.1. The summed E-state index contributed by atoms with van der Waals surface area (Å²) in [5.41, 5.74) is 1.95. The number of thiocarbonyl (C=S) groups is 1. The van der Waals surface area contributed by atoms with Crippen LogP contribution in [0.4, 0.5) is 5.69 Å². The third kappa shape index (κ3) is 5.27. The Morgan fingerprint density at radius 2 is 1.74 bits per heavy atom. The van der Waals surface area contributed by atoms with Crippen molar-refractivity contribution in [2.75, 3.05) is 18.5 Å². The van der Waals surface area contributed by atoms with Gasteiger partial charge in [0.15, 0.2) is 5.11 Å². The molecule has 7 nitrogen and oxygen atoms in total. The van der Waals surface area contributed by atoms with Crippen LogP contribution in [0.2, 0.25) is 0 Å². The van der Waals surface area contributed by atoms with E-state index in [1.807, 2.05) is 37.3 Å². The molecule has 0 radical (unpaired) electrons. The lowest BCUT2D eigenvalue weighted by Crippen LogP contribution is -2.37. The second kappa shape index (κ2) is 10.2. The number of nitrogens with one attached hydrogen (secondary N) is 1. The summed E-state index contributed by atoms with van der Waals surface area (Å²) in [5, 5.41) is 3.23. The maximum Gasteiger partial charge on any atom is 0.338 e. The van der Waals surface area contributed by atoms with E-state index < -0.39 is 12.0 Å². The number of carbonyl (C=O) groups excluding carboxylic acids is 3. The van der Waals surface area contributed by atoms with Gasteiger partial charge < -0.3 is 15.0 Å². The average Bonchev–Trinajstić information content (AvgIpc) is 2.98. The quantitative estimate of drug-likeness (QED) is 0.503. The Bertz CT molecular complexity index is 963. The fourth-order valence-electron chi connectivity index (χ4n) is 3.43. The number of nitrogens with zero attached hydrogens (tertiary/aromatic N) is 2. The van der Waals surface area contributed by atoms with E-state index in [0.717, 1.165) is 5.56 Å². The molecule has 1 N–H and O–H groups in total. The maximum absolute atomic E-state index is 12.9. The number of likely N-dealkylation sites (N-methyl/N-ethyl adjacent to an activating group) is 1. The molecule has 1 heterocycles. The van der Waals surface area contributed by atoms with Crippen molar-refractivity contribution in [3.8, 4) is 0 Å². The third-order valence-corrected chi connectivity index (χ3v) is 5.43. The minimum atomic E-state index is -0.661. The Labute approximate surface area is 187 Å². The standard InChI is InChI=1S/C23H25N3O4S/c1-3-25-21(28)19(26(23(25)31)15-16-8-6-5-7-9-16)14-20(27)24-18-12-10-17(11-13-18)22(29)30-4-2/h5-13,19H,3-4,14-15H2,1-2H3,(H,24,27). The molecule has 0 aliphatic carbocycles. The fraction of sp³-hybridized carbons (Fsp3) is 0.304. The fourth-order valence-corrected chi connectivity index (χ4v) is 3.84. The first-order chi connectivity index (χ1) is 14.9. The van der Waals surface area contributed by atoms with Crippen molar-refractivity contribution >= 4 is 40.8 Å². The van der Waals surface area contributed by atoms with Crippen molar-refractivity contribution < 1.29 is 19.1 Å². The van der Waals surface area contributed by atoms with Crippen LogP contribution in [-0.2, 0) is 20.9 Å². The average molecular weight is 440 g/mol. The molecule has 0 aromatic heterocycles. The van der Waals surface area contributed by atoms with Crippen LogP contribution in [0.5, 0.6) is 0 Å². The number of hydrogen-bond donors (Lipinski definition) is 1. The summed E-state index contributed by atoms with van der Waals surface area (Å²) >= 11 is 5.51. The number of amides is 2. The molecule has 2 aromatic rings. The van der Waals surface area contributed by atoms with E-state index in [-0.39, 0.29) is 18.2 Å². The molecule has 1 aliphatic rings. The first kappa shape index (κ1) is 22.4. The molecule has 0 spiro atoms. The molecule has 31 heavy (non-hydrogen) atoms. The number of rotatable bonds is 8. The Balaban J connectivity index is 1.69. The van der Waals surface area contributed by atoms with E-state index in [0.29, 0.717) is 36.1 Å². The highest BCUT2D eigenvalue weighted by atomic mass is 32.1. The lowest BCUT2D eigenvalue weighted by molar-refractivity contribution is -0.130. The van der Waals surface area contributed by atoms with Gasteiger partial charge in [0, 0.05) is 18.8 Å². The maximum atomic E-state index is 12.9. The van der Waals surface area contributed by atoms with Gasteiger partial charge in [-0.2, -0.15) is 0 Å². The van der Waals surface area contributed by atoms with Crippen LogP contribution in [0.25, 0.3) is 0 Å². The highest BCUT2D eigenvalue weighted by Crippen LogP contribution is 2.24. The second-order valence-electron chi connectivity index (χ2n) is 7.04.